The predicted molar refractivity (Wildman–Crippen MR) is 179 cm³/mol. The van der Waals surface area contributed by atoms with Crippen LogP contribution >= 0.6 is 0 Å². The van der Waals surface area contributed by atoms with Gasteiger partial charge in [-0.15, -0.1) is 0 Å². The van der Waals surface area contributed by atoms with Crippen molar-refractivity contribution >= 4 is 37.8 Å². The van der Waals surface area contributed by atoms with Crippen molar-refractivity contribution < 1.29 is 17.9 Å². The monoisotopic (exact) mass is 637 g/mol. The summed E-state index contributed by atoms with van der Waals surface area (Å²) in [5.74, 6) is 3.30. The molecule has 238 valence electrons. The van der Waals surface area contributed by atoms with Crippen molar-refractivity contribution in [3.05, 3.63) is 60.2 Å². The van der Waals surface area contributed by atoms with E-state index in [1.165, 1.54) is 19.3 Å². The third-order valence-corrected chi connectivity index (χ3v) is 12.4. The molecule has 4 heterocycles. The number of fused-ring (bicyclic) bond motifs is 4. The van der Waals surface area contributed by atoms with Crippen molar-refractivity contribution in [1.82, 2.24) is 24.0 Å². The number of aryl methyl sites for hydroxylation is 1. The number of sulfone groups is 1. The van der Waals surface area contributed by atoms with Gasteiger partial charge in [0, 0.05) is 42.7 Å². The van der Waals surface area contributed by atoms with Gasteiger partial charge in [0.05, 0.1) is 34.7 Å². The number of carbonyl (C=O) groups is 1. The molecule has 2 aliphatic carbocycles. The lowest BCUT2D eigenvalue weighted by Crippen LogP contribution is -2.38. The number of benzene rings is 2. The number of imidazole rings is 1. The average Bonchev–Trinajstić information content (AvgIpc) is 3.47. The second-order valence-electron chi connectivity index (χ2n) is 13.4. The van der Waals surface area contributed by atoms with E-state index < -0.39 is 9.84 Å². The molecule has 0 radical (unpaired) electrons. The smallest absolute Gasteiger partial charge is 0.254 e. The van der Waals surface area contributed by atoms with Gasteiger partial charge in [0.15, 0.2) is 15.7 Å². The van der Waals surface area contributed by atoms with Crippen LogP contribution in [0.5, 0.6) is 5.75 Å². The van der Waals surface area contributed by atoms with Crippen LogP contribution in [-0.2, 0) is 23.4 Å². The van der Waals surface area contributed by atoms with Gasteiger partial charge < -0.3 is 18.8 Å². The van der Waals surface area contributed by atoms with Gasteiger partial charge in [0.2, 0.25) is 0 Å². The molecular weight excluding hydrogens is 598 g/mol. The van der Waals surface area contributed by atoms with Crippen LogP contribution in [0.3, 0.4) is 0 Å². The van der Waals surface area contributed by atoms with Crippen molar-refractivity contribution in [3.63, 3.8) is 0 Å². The standard InChI is InChI=1S/C36H39N5O4S/c1-5-46(43,44)27-12-8-23(9-13-27)28-14-10-24-17-31(40(34(24)37-28)19-22-6-7-22)35-38-29-16-26(18-32(45-4)33(29)39(35)3)36(42)41-20-25-11-15-30(41)21(25)2/h8-10,12-14,16-18,21-22,25,30H,5-7,11,15,19-20H2,1-4H3/t21-,25?,30?/m1/s1. The molecule has 2 aromatic carbocycles. The minimum absolute atomic E-state index is 0.0614. The van der Waals surface area contributed by atoms with Crippen LogP contribution in [0.1, 0.15) is 49.9 Å². The number of carbonyl (C=O) groups excluding carboxylic acids is 1. The number of methoxy groups -OCH3 is 1. The maximum Gasteiger partial charge on any atom is 0.254 e. The molecule has 3 aliphatic rings. The Morgan fingerprint density at radius 1 is 1.00 bits per heavy atom. The van der Waals surface area contributed by atoms with E-state index in [1.54, 1.807) is 26.2 Å². The highest BCUT2D eigenvalue weighted by Gasteiger charge is 2.46. The minimum atomic E-state index is -3.27. The van der Waals surface area contributed by atoms with Gasteiger partial charge in [-0.3, -0.25) is 4.79 Å². The maximum atomic E-state index is 13.8. The summed E-state index contributed by atoms with van der Waals surface area (Å²) >= 11 is 0. The second-order valence-corrected chi connectivity index (χ2v) is 15.7. The van der Waals surface area contributed by atoms with E-state index in [0.717, 1.165) is 64.4 Å². The van der Waals surface area contributed by atoms with Crippen LogP contribution in [0, 0.1) is 17.8 Å². The van der Waals surface area contributed by atoms with E-state index in [2.05, 4.69) is 33.1 Å². The lowest BCUT2D eigenvalue weighted by molar-refractivity contribution is 0.0696. The predicted octanol–water partition coefficient (Wildman–Crippen LogP) is 6.34. The zero-order chi connectivity index (χ0) is 31.9. The van der Waals surface area contributed by atoms with Crippen molar-refractivity contribution in [2.45, 2.75) is 57.0 Å². The molecule has 2 bridgehead atoms. The lowest BCUT2D eigenvalue weighted by atomic mass is 10.0. The van der Waals surface area contributed by atoms with Crippen molar-refractivity contribution in [1.29, 1.82) is 0 Å². The van der Waals surface area contributed by atoms with Gasteiger partial charge in [-0.25, -0.2) is 18.4 Å². The Balaban J connectivity index is 1.21. The third kappa shape index (κ3) is 4.63. The fourth-order valence-corrected chi connectivity index (χ4v) is 8.63. The number of piperidine rings is 1. The van der Waals surface area contributed by atoms with E-state index in [9.17, 15) is 13.2 Å². The molecule has 1 aliphatic heterocycles. The highest BCUT2D eigenvalue weighted by atomic mass is 32.2. The quantitative estimate of drug-likeness (QED) is 0.197. The summed E-state index contributed by atoms with van der Waals surface area (Å²) in [5.41, 5.74) is 5.70. The van der Waals surface area contributed by atoms with E-state index in [4.69, 9.17) is 14.7 Å². The summed E-state index contributed by atoms with van der Waals surface area (Å²) in [6.45, 7) is 5.60. The molecule has 46 heavy (non-hydrogen) atoms. The lowest BCUT2D eigenvalue weighted by Gasteiger charge is -2.27. The summed E-state index contributed by atoms with van der Waals surface area (Å²) < 4.78 is 34.9. The maximum absolute atomic E-state index is 13.8. The number of aromatic nitrogens is 4. The van der Waals surface area contributed by atoms with Crippen molar-refractivity contribution in [3.8, 4) is 28.5 Å². The first kappa shape index (κ1) is 29.2. The Morgan fingerprint density at radius 3 is 2.43 bits per heavy atom. The molecule has 3 atom stereocenters. The molecule has 0 spiro atoms. The van der Waals surface area contributed by atoms with Crippen LogP contribution < -0.4 is 4.74 Å². The number of hydrogen-bond donors (Lipinski definition) is 0. The summed E-state index contributed by atoms with van der Waals surface area (Å²) in [5, 5.41) is 1.01. The van der Waals surface area contributed by atoms with Crippen LogP contribution in [0.15, 0.2) is 59.5 Å². The number of nitrogens with zero attached hydrogens (tertiary/aromatic N) is 5. The number of rotatable bonds is 8. The van der Waals surface area contributed by atoms with E-state index in [0.29, 0.717) is 40.0 Å². The van der Waals surface area contributed by atoms with Crippen LogP contribution in [-0.4, -0.2) is 63.8 Å². The second kappa shape index (κ2) is 10.7. The number of pyridine rings is 1. The van der Waals surface area contributed by atoms with Gasteiger partial charge in [0.25, 0.3) is 5.91 Å². The van der Waals surface area contributed by atoms with Crippen LogP contribution in [0.4, 0.5) is 0 Å². The zero-order valence-corrected chi connectivity index (χ0v) is 27.5. The molecule has 9 nitrogen and oxygen atoms in total. The Kier molecular flexibility index (Phi) is 6.79. The van der Waals surface area contributed by atoms with E-state index in [-0.39, 0.29) is 11.7 Å². The largest absolute Gasteiger partial charge is 0.494 e. The van der Waals surface area contributed by atoms with E-state index >= 15 is 0 Å². The van der Waals surface area contributed by atoms with Crippen LogP contribution in [0.2, 0.25) is 0 Å². The average molecular weight is 638 g/mol. The van der Waals surface area contributed by atoms with Gasteiger partial charge in [-0.2, -0.15) is 0 Å². The number of hydrogen-bond acceptors (Lipinski definition) is 6. The Labute approximate surface area is 269 Å². The fraction of sp³-hybridized carbons (Fsp3) is 0.417. The molecule has 1 amide bonds. The first-order valence-electron chi connectivity index (χ1n) is 16.4. The van der Waals surface area contributed by atoms with Gasteiger partial charge in [-0.1, -0.05) is 26.0 Å². The Morgan fingerprint density at radius 2 is 1.78 bits per heavy atom. The summed E-state index contributed by atoms with van der Waals surface area (Å²) in [6, 6.07) is 17.3. The molecule has 2 unspecified atom stereocenters. The fourth-order valence-electron chi connectivity index (χ4n) is 7.74. The SMILES string of the molecule is CCS(=O)(=O)c1ccc(-c2ccc3cc(-c4nc5cc(C(=O)N6CC7CCC6[C@@H]7C)cc(OC)c5n4C)n(CC4CC4)c3n2)cc1. The first-order valence-corrected chi connectivity index (χ1v) is 18.0. The molecule has 5 aromatic rings. The molecular formula is C36H39N5O4S. The highest BCUT2D eigenvalue weighted by molar-refractivity contribution is 7.91. The molecule has 8 rings (SSSR count). The van der Waals surface area contributed by atoms with Crippen molar-refractivity contribution in [2.75, 3.05) is 19.4 Å². The first-order chi connectivity index (χ1) is 22.2. The van der Waals surface area contributed by atoms with E-state index in [1.807, 2.05) is 37.4 Å². The Hall–Kier alpha value is -4.18. The van der Waals surface area contributed by atoms with Crippen molar-refractivity contribution in [2.24, 2.45) is 24.8 Å². The topological polar surface area (TPSA) is 99.3 Å². The summed E-state index contributed by atoms with van der Waals surface area (Å²) in [7, 11) is 0.375. The third-order valence-electron chi connectivity index (χ3n) is 10.7. The number of likely N-dealkylation sites (tertiary alicyclic amines) is 1. The number of ether oxygens (including phenoxy) is 1. The van der Waals surface area contributed by atoms with Crippen LogP contribution in [0.25, 0.3) is 44.8 Å². The molecule has 1 saturated heterocycles. The molecule has 3 fully saturated rings. The Bertz CT molecular complexity index is 2130. The minimum Gasteiger partial charge on any atom is -0.494 e. The zero-order valence-electron chi connectivity index (χ0n) is 26.7. The molecule has 0 N–H and O–H groups in total. The van der Waals surface area contributed by atoms with Gasteiger partial charge in [0.1, 0.15) is 16.9 Å². The number of amides is 1. The molecule has 2 saturated carbocycles. The molecule has 3 aromatic heterocycles. The summed E-state index contributed by atoms with van der Waals surface area (Å²) in [6.07, 6.45) is 4.66. The summed E-state index contributed by atoms with van der Waals surface area (Å²) in [4.78, 5) is 26.4. The normalized spacial score (nSPS) is 21.1. The van der Waals surface area contributed by atoms with Gasteiger partial charge in [-0.05, 0) is 85.9 Å². The molecule has 10 heteroatoms. The highest BCUT2D eigenvalue weighted by Crippen LogP contribution is 2.44. The van der Waals surface area contributed by atoms with Gasteiger partial charge >= 0.3 is 0 Å².